The molecule has 0 N–H and O–H groups in total. The van der Waals surface area contributed by atoms with E-state index in [1.165, 1.54) is 116 Å². The molecular weight excluding hydrogens is 959 g/mol. The third-order valence-electron chi connectivity index (χ3n) is 13.0. The van der Waals surface area contributed by atoms with Gasteiger partial charge in [0.2, 0.25) is 0 Å². The number of ether oxygens (including phenoxy) is 4. The maximum absolute atomic E-state index is 12.9. The first-order valence-corrected chi connectivity index (χ1v) is 31.0. The molecule has 0 amide bonds. The molecule has 0 aliphatic carbocycles. The number of carboxylic acid groups (broad SMARTS) is 1. The minimum Gasteiger partial charge on any atom is -0.545 e. The predicted molar refractivity (Wildman–Crippen MR) is 324 cm³/mol. The van der Waals surface area contributed by atoms with E-state index in [0.717, 1.165) is 96.3 Å². The lowest BCUT2D eigenvalue weighted by Crippen LogP contribution is -2.44. The van der Waals surface area contributed by atoms with Gasteiger partial charge in [0, 0.05) is 12.8 Å². The van der Waals surface area contributed by atoms with Crippen LogP contribution >= 0.6 is 0 Å². The molecule has 0 aromatic heterocycles. The normalized spacial score (nSPS) is 13.5. The zero-order valence-electron chi connectivity index (χ0n) is 50.0. The lowest BCUT2D eigenvalue weighted by atomic mass is 10.1. The average molecular weight is 1070 g/mol. The molecule has 0 rings (SSSR count). The lowest BCUT2D eigenvalue weighted by Gasteiger charge is -2.26. The van der Waals surface area contributed by atoms with E-state index in [2.05, 4.69) is 123 Å². The number of carbonyl (C=O) groups excluding carboxylic acids is 3. The number of unbranched alkanes of at least 4 members (excludes halogenated alkanes) is 23. The first-order valence-electron chi connectivity index (χ1n) is 31.0. The zero-order chi connectivity index (χ0) is 56.2. The second-order valence-corrected chi connectivity index (χ2v) is 21.6. The molecular formula is C68H115NO8. The number of hydrogen-bond acceptors (Lipinski definition) is 8. The fraction of sp³-hybridized carbons (Fsp3) is 0.691. The van der Waals surface area contributed by atoms with Crippen molar-refractivity contribution in [3.63, 3.8) is 0 Å². The quantitative estimate of drug-likeness (QED) is 0.0195. The van der Waals surface area contributed by atoms with Crippen LogP contribution in [0.25, 0.3) is 0 Å². The number of likely N-dealkylation sites (N-methyl/N-ethyl adjacent to an activating group) is 1. The SMILES string of the molecule is CC/C=C\C/C=C\C/C=C\C/C=C\C/C=C\C/C=C\C/C=C\C/C=C\CCCCCCCCCCC(=O)OC(COC(=O)CCCCCCCCCCC/C=C\CCCCCCCC)COC(OCC[N+](C)(C)C)C(=O)[O-]. The summed E-state index contributed by atoms with van der Waals surface area (Å²) in [6.45, 7) is 4.62. The van der Waals surface area contributed by atoms with Gasteiger partial charge in [0.1, 0.15) is 13.2 Å². The van der Waals surface area contributed by atoms with Crippen LogP contribution in [-0.4, -0.2) is 82.3 Å². The topological polar surface area (TPSA) is 111 Å². The van der Waals surface area contributed by atoms with Crippen molar-refractivity contribution < 1.29 is 42.9 Å². The van der Waals surface area contributed by atoms with Gasteiger partial charge in [0.05, 0.1) is 40.3 Å². The van der Waals surface area contributed by atoms with Crippen molar-refractivity contribution in [2.45, 2.75) is 257 Å². The van der Waals surface area contributed by atoms with E-state index in [1.807, 2.05) is 21.1 Å². The Kier molecular flexibility index (Phi) is 55.1. The van der Waals surface area contributed by atoms with Crippen molar-refractivity contribution in [1.29, 1.82) is 0 Å². The highest BCUT2D eigenvalue weighted by Gasteiger charge is 2.22. The van der Waals surface area contributed by atoms with E-state index < -0.39 is 24.3 Å². The van der Waals surface area contributed by atoms with E-state index in [9.17, 15) is 19.5 Å². The number of nitrogens with zero attached hydrogens (tertiary/aromatic N) is 1. The highest BCUT2D eigenvalue weighted by molar-refractivity contribution is 5.70. The van der Waals surface area contributed by atoms with E-state index in [1.54, 1.807) is 0 Å². The average Bonchev–Trinajstić information content (AvgIpc) is 3.40. The highest BCUT2D eigenvalue weighted by atomic mass is 16.7. The Balaban J connectivity index is 4.24. The van der Waals surface area contributed by atoms with Crippen LogP contribution in [0.5, 0.6) is 0 Å². The van der Waals surface area contributed by atoms with Gasteiger partial charge in [-0.15, -0.1) is 0 Å². The molecule has 77 heavy (non-hydrogen) atoms. The van der Waals surface area contributed by atoms with E-state index in [4.69, 9.17) is 18.9 Å². The van der Waals surface area contributed by atoms with Crippen molar-refractivity contribution in [1.82, 2.24) is 0 Å². The fourth-order valence-electron chi connectivity index (χ4n) is 8.25. The monoisotopic (exact) mass is 1070 g/mol. The number of hydrogen-bond donors (Lipinski definition) is 0. The summed E-state index contributed by atoms with van der Waals surface area (Å²) in [4.78, 5) is 37.3. The van der Waals surface area contributed by atoms with Gasteiger partial charge in [-0.1, -0.05) is 239 Å². The smallest absolute Gasteiger partial charge is 0.306 e. The molecule has 0 aliphatic rings. The molecule has 0 aromatic carbocycles. The van der Waals surface area contributed by atoms with Crippen molar-refractivity contribution >= 4 is 17.9 Å². The largest absolute Gasteiger partial charge is 0.545 e. The van der Waals surface area contributed by atoms with Gasteiger partial charge in [-0.3, -0.25) is 9.59 Å². The first-order chi connectivity index (χ1) is 37.6. The van der Waals surface area contributed by atoms with Crippen LogP contribution in [-0.2, 0) is 33.3 Å². The van der Waals surface area contributed by atoms with Crippen LogP contribution in [0.4, 0.5) is 0 Å². The highest BCUT2D eigenvalue weighted by Crippen LogP contribution is 2.15. The van der Waals surface area contributed by atoms with Crippen LogP contribution < -0.4 is 5.11 Å². The van der Waals surface area contributed by atoms with Crippen molar-refractivity contribution in [3.05, 3.63) is 109 Å². The molecule has 9 nitrogen and oxygen atoms in total. The van der Waals surface area contributed by atoms with Crippen molar-refractivity contribution in [2.75, 3.05) is 47.5 Å². The number of carbonyl (C=O) groups is 3. The summed E-state index contributed by atoms with van der Waals surface area (Å²) in [7, 11) is 5.91. The van der Waals surface area contributed by atoms with Crippen LogP contribution in [0.2, 0.25) is 0 Å². The zero-order valence-corrected chi connectivity index (χ0v) is 50.0. The van der Waals surface area contributed by atoms with Crippen molar-refractivity contribution in [2.24, 2.45) is 0 Å². The Hall–Kier alpha value is -4.05. The van der Waals surface area contributed by atoms with Gasteiger partial charge < -0.3 is 33.3 Å². The molecule has 0 spiro atoms. The minimum absolute atomic E-state index is 0.141. The van der Waals surface area contributed by atoms with Gasteiger partial charge in [0.25, 0.3) is 0 Å². The van der Waals surface area contributed by atoms with Gasteiger partial charge >= 0.3 is 11.9 Å². The molecule has 0 fully saturated rings. The Labute approximate surface area is 473 Å². The number of allylic oxidation sites excluding steroid dienone is 18. The van der Waals surface area contributed by atoms with Crippen LogP contribution in [0, 0.1) is 0 Å². The predicted octanol–water partition coefficient (Wildman–Crippen LogP) is 17.3. The molecule has 2 atom stereocenters. The summed E-state index contributed by atoms with van der Waals surface area (Å²) in [6, 6.07) is 0. The summed E-state index contributed by atoms with van der Waals surface area (Å²) in [5, 5.41) is 11.8. The lowest BCUT2D eigenvalue weighted by molar-refractivity contribution is -0.870. The van der Waals surface area contributed by atoms with Gasteiger partial charge in [-0.05, 0) is 103 Å². The van der Waals surface area contributed by atoms with E-state index >= 15 is 0 Å². The minimum atomic E-state index is -1.63. The summed E-state index contributed by atoms with van der Waals surface area (Å²) in [6.07, 6.45) is 77.1. The molecule has 9 heteroatoms. The second kappa shape index (κ2) is 58.1. The molecule has 0 bridgehead atoms. The Bertz CT molecular complexity index is 1630. The van der Waals surface area contributed by atoms with Crippen LogP contribution in [0.3, 0.4) is 0 Å². The third-order valence-corrected chi connectivity index (χ3v) is 13.0. The fourth-order valence-corrected chi connectivity index (χ4v) is 8.25. The Morgan fingerprint density at radius 3 is 1.12 bits per heavy atom. The molecule has 440 valence electrons. The standard InChI is InChI=1S/C68H115NO8/c1-6-8-10-12-14-16-18-20-22-24-26-27-28-29-30-31-32-33-34-35-36-37-38-39-41-43-45-47-49-51-53-55-57-59-66(71)77-64(63-76-68(67(72)73)74-61-60-69(3,4)5)62-75-65(70)58-56-54-52-50-48-46-44-42-40-25-23-21-19-17-15-13-11-9-7-2/h8,10,14,16,20-23,26-27,29-30,32-33,35-36,38-39,64,68H,6-7,9,11-13,15,17-19,24-25,28,31,34,37,40-63H2,1-5H3/b10-8-,16-14-,22-20-,23-21-,27-26-,30-29-,33-32-,36-35-,39-38-. The molecule has 2 unspecified atom stereocenters. The summed E-state index contributed by atoms with van der Waals surface area (Å²) in [5.41, 5.74) is 0. The molecule has 0 saturated carbocycles. The van der Waals surface area contributed by atoms with Gasteiger partial charge in [0.15, 0.2) is 12.4 Å². The number of carboxylic acids is 1. The molecule has 0 heterocycles. The number of quaternary nitrogens is 1. The Morgan fingerprint density at radius 1 is 0.403 bits per heavy atom. The number of esters is 2. The van der Waals surface area contributed by atoms with E-state index in [-0.39, 0.29) is 38.6 Å². The third kappa shape index (κ3) is 59.5. The summed E-state index contributed by atoms with van der Waals surface area (Å²) >= 11 is 0. The first kappa shape index (κ1) is 73.0. The Morgan fingerprint density at radius 2 is 0.740 bits per heavy atom. The number of rotatable bonds is 56. The molecule has 0 saturated heterocycles. The molecule has 0 aliphatic heterocycles. The molecule has 0 radical (unpaired) electrons. The van der Waals surface area contributed by atoms with Gasteiger partial charge in [-0.2, -0.15) is 0 Å². The maximum atomic E-state index is 12.9. The van der Waals surface area contributed by atoms with E-state index in [0.29, 0.717) is 17.4 Å². The maximum Gasteiger partial charge on any atom is 0.306 e. The summed E-state index contributed by atoms with van der Waals surface area (Å²) in [5.74, 6) is -2.30. The van der Waals surface area contributed by atoms with Crippen LogP contribution in [0.1, 0.15) is 245 Å². The second-order valence-electron chi connectivity index (χ2n) is 21.6. The van der Waals surface area contributed by atoms with Crippen molar-refractivity contribution in [3.8, 4) is 0 Å². The van der Waals surface area contributed by atoms with Crippen LogP contribution in [0.15, 0.2) is 109 Å². The molecule has 0 aromatic rings. The van der Waals surface area contributed by atoms with Gasteiger partial charge in [-0.25, -0.2) is 0 Å². The summed E-state index contributed by atoms with van der Waals surface area (Å²) < 4.78 is 22.7. The number of aliphatic carboxylic acids is 1.